The highest BCUT2D eigenvalue weighted by Crippen LogP contribution is 2.31. The molecule has 1 aromatic heterocycles. The zero-order valence-electron chi connectivity index (χ0n) is 11.4. The summed E-state index contributed by atoms with van der Waals surface area (Å²) < 4.78 is 20.4. The van der Waals surface area contributed by atoms with Gasteiger partial charge in [0.2, 0.25) is 0 Å². The number of furan rings is 1. The Bertz CT molecular complexity index is 800. The first-order valence-electron chi connectivity index (χ1n) is 6.50. The minimum atomic E-state index is -0.375. The number of para-hydroxylation sites is 1. The molecule has 0 bridgehead atoms. The highest BCUT2D eigenvalue weighted by atomic mass is 79.9. The maximum Gasteiger partial charge on any atom is 0.169 e. The molecule has 108 valence electrons. The van der Waals surface area contributed by atoms with E-state index >= 15 is 0 Å². The monoisotopic (exact) mass is 348 g/mol. The van der Waals surface area contributed by atoms with Gasteiger partial charge in [0.05, 0.1) is 0 Å². The first-order chi connectivity index (χ1) is 10.1. The number of fused-ring (bicyclic) bond motifs is 1. The van der Waals surface area contributed by atoms with E-state index in [-0.39, 0.29) is 17.4 Å². The lowest BCUT2D eigenvalue weighted by Gasteiger charge is -2.16. The zero-order valence-corrected chi connectivity index (χ0v) is 12.9. The van der Waals surface area contributed by atoms with Crippen LogP contribution in [0.25, 0.3) is 11.0 Å². The number of hydrazine groups is 1. The molecule has 0 amide bonds. The Hall–Kier alpha value is -1.69. The van der Waals surface area contributed by atoms with Crippen molar-refractivity contribution in [2.24, 2.45) is 5.84 Å². The smallest absolute Gasteiger partial charge is 0.169 e. The number of hydrogen-bond acceptors (Lipinski definition) is 3. The first kappa shape index (κ1) is 14.3. The second-order valence-corrected chi connectivity index (χ2v) is 5.82. The van der Waals surface area contributed by atoms with E-state index < -0.39 is 0 Å². The number of halogens is 2. The quantitative estimate of drug-likeness (QED) is 0.551. The van der Waals surface area contributed by atoms with Gasteiger partial charge in [0.1, 0.15) is 11.8 Å². The SMILES string of the molecule is Cc1ccc(Br)cc1C(NN)c1cc2cccc(F)c2o1. The molecule has 0 saturated heterocycles. The third-order valence-electron chi connectivity index (χ3n) is 3.52. The highest BCUT2D eigenvalue weighted by molar-refractivity contribution is 9.10. The van der Waals surface area contributed by atoms with Crippen LogP contribution in [-0.2, 0) is 0 Å². The second kappa shape index (κ2) is 5.60. The van der Waals surface area contributed by atoms with Crippen molar-refractivity contribution in [1.29, 1.82) is 0 Å². The predicted octanol–water partition coefficient (Wildman–Crippen LogP) is 4.20. The molecule has 3 aromatic rings. The fraction of sp³-hybridized carbons (Fsp3) is 0.125. The lowest BCUT2D eigenvalue weighted by atomic mass is 10.00. The van der Waals surface area contributed by atoms with Crippen molar-refractivity contribution in [3.05, 3.63) is 69.6 Å². The summed E-state index contributed by atoms with van der Waals surface area (Å²) >= 11 is 3.45. The molecular weight excluding hydrogens is 335 g/mol. The van der Waals surface area contributed by atoms with E-state index in [0.29, 0.717) is 5.76 Å². The zero-order chi connectivity index (χ0) is 15.0. The predicted molar refractivity (Wildman–Crippen MR) is 84.2 cm³/mol. The van der Waals surface area contributed by atoms with E-state index in [2.05, 4.69) is 21.4 Å². The van der Waals surface area contributed by atoms with Crippen molar-refractivity contribution in [2.75, 3.05) is 0 Å². The molecule has 2 aromatic carbocycles. The number of hydrogen-bond donors (Lipinski definition) is 2. The minimum absolute atomic E-state index is 0.250. The molecule has 1 unspecified atom stereocenters. The molecule has 5 heteroatoms. The van der Waals surface area contributed by atoms with Crippen LogP contribution in [0, 0.1) is 12.7 Å². The third kappa shape index (κ3) is 2.60. The van der Waals surface area contributed by atoms with Gasteiger partial charge in [0.15, 0.2) is 11.4 Å². The lowest BCUT2D eigenvalue weighted by Crippen LogP contribution is -2.29. The molecule has 1 heterocycles. The molecule has 0 aliphatic heterocycles. The molecule has 0 saturated carbocycles. The summed E-state index contributed by atoms with van der Waals surface area (Å²) in [6.07, 6.45) is 0. The Balaban J connectivity index is 2.13. The lowest BCUT2D eigenvalue weighted by molar-refractivity contribution is 0.464. The van der Waals surface area contributed by atoms with Crippen molar-refractivity contribution in [3.8, 4) is 0 Å². The molecule has 0 radical (unpaired) electrons. The summed E-state index contributed by atoms with van der Waals surface area (Å²) in [5.41, 5.74) is 5.05. The second-order valence-electron chi connectivity index (χ2n) is 4.91. The van der Waals surface area contributed by atoms with E-state index in [4.69, 9.17) is 10.3 Å². The fourth-order valence-corrected chi connectivity index (χ4v) is 2.82. The van der Waals surface area contributed by atoms with Gasteiger partial charge in [-0.1, -0.05) is 34.1 Å². The van der Waals surface area contributed by atoms with Gasteiger partial charge in [-0.2, -0.15) is 0 Å². The molecule has 3 nitrogen and oxygen atoms in total. The highest BCUT2D eigenvalue weighted by Gasteiger charge is 2.20. The van der Waals surface area contributed by atoms with E-state index in [0.717, 1.165) is 21.0 Å². The van der Waals surface area contributed by atoms with Crippen LogP contribution < -0.4 is 11.3 Å². The molecule has 0 spiro atoms. The summed E-state index contributed by atoms with van der Waals surface area (Å²) in [5, 5.41) is 0.720. The standard InChI is InChI=1S/C16H14BrFN2O/c1-9-5-6-11(17)8-12(9)15(20-19)14-7-10-3-2-4-13(18)16(10)21-14/h2-8,15,20H,19H2,1H3. The third-order valence-corrected chi connectivity index (χ3v) is 4.01. The number of nitrogens with one attached hydrogen (secondary N) is 1. The van der Waals surface area contributed by atoms with Crippen molar-refractivity contribution in [1.82, 2.24) is 5.43 Å². The molecule has 3 rings (SSSR count). The topological polar surface area (TPSA) is 51.2 Å². The van der Waals surface area contributed by atoms with Crippen LogP contribution in [0.5, 0.6) is 0 Å². The van der Waals surface area contributed by atoms with Gasteiger partial charge in [0, 0.05) is 9.86 Å². The van der Waals surface area contributed by atoms with Crippen LogP contribution in [0.3, 0.4) is 0 Å². The summed E-state index contributed by atoms with van der Waals surface area (Å²) in [5.74, 6) is 5.90. The summed E-state index contributed by atoms with van der Waals surface area (Å²) in [6, 6.07) is 12.3. The van der Waals surface area contributed by atoms with Gasteiger partial charge < -0.3 is 4.42 Å². The van der Waals surface area contributed by atoms with Gasteiger partial charge in [-0.3, -0.25) is 5.84 Å². The Morgan fingerprint density at radius 1 is 1.24 bits per heavy atom. The molecule has 21 heavy (non-hydrogen) atoms. The van der Waals surface area contributed by atoms with Crippen LogP contribution in [-0.4, -0.2) is 0 Å². The average Bonchev–Trinajstić information content (AvgIpc) is 2.89. The minimum Gasteiger partial charge on any atom is -0.456 e. The molecule has 1 atom stereocenters. The van der Waals surface area contributed by atoms with E-state index in [9.17, 15) is 4.39 Å². The van der Waals surface area contributed by atoms with Crippen LogP contribution in [0.4, 0.5) is 4.39 Å². The van der Waals surface area contributed by atoms with Gasteiger partial charge in [0.25, 0.3) is 0 Å². The van der Waals surface area contributed by atoms with Crippen molar-refractivity contribution in [2.45, 2.75) is 13.0 Å². The van der Waals surface area contributed by atoms with Crippen molar-refractivity contribution in [3.63, 3.8) is 0 Å². The Morgan fingerprint density at radius 3 is 2.76 bits per heavy atom. The average molecular weight is 349 g/mol. The molecule has 0 aliphatic carbocycles. The van der Waals surface area contributed by atoms with Gasteiger partial charge >= 0.3 is 0 Å². The number of rotatable bonds is 3. The Labute approximate surface area is 130 Å². The van der Waals surface area contributed by atoms with Crippen LogP contribution in [0.1, 0.15) is 22.9 Å². The van der Waals surface area contributed by atoms with Gasteiger partial charge in [-0.05, 0) is 42.3 Å². The normalized spacial score (nSPS) is 12.8. The summed E-state index contributed by atoms with van der Waals surface area (Å²) in [6.45, 7) is 2.00. The fourth-order valence-electron chi connectivity index (χ4n) is 2.44. The van der Waals surface area contributed by atoms with Crippen molar-refractivity contribution < 1.29 is 8.81 Å². The molecule has 0 fully saturated rings. The molecule has 3 N–H and O–H groups in total. The van der Waals surface area contributed by atoms with Crippen LogP contribution >= 0.6 is 15.9 Å². The largest absolute Gasteiger partial charge is 0.456 e. The Morgan fingerprint density at radius 2 is 2.05 bits per heavy atom. The first-order valence-corrected chi connectivity index (χ1v) is 7.29. The van der Waals surface area contributed by atoms with Gasteiger partial charge in [-0.25, -0.2) is 9.82 Å². The number of benzene rings is 2. The molecule has 0 aliphatic rings. The van der Waals surface area contributed by atoms with Crippen molar-refractivity contribution >= 4 is 26.9 Å². The number of aryl methyl sites for hydroxylation is 1. The maximum atomic E-state index is 13.8. The van der Waals surface area contributed by atoms with E-state index in [1.165, 1.54) is 6.07 Å². The molecular formula is C16H14BrFN2O. The van der Waals surface area contributed by atoms with Gasteiger partial charge in [-0.15, -0.1) is 0 Å². The Kier molecular flexibility index (Phi) is 3.80. The maximum absolute atomic E-state index is 13.8. The van der Waals surface area contributed by atoms with Crippen LogP contribution in [0.2, 0.25) is 0 Å². The number of nitrogens with two attached hydrogens (primary N) is 1. The summed E-state index contributed by atoms with van der Waals surface area (Å²) in [7, 11) is 0. The van der Waals surface area contributed by atoms with E-state index in [1.807, 2.05) is 37.3 Å². The van der Waals surface area contributed by atoms with Crippen LogP contribution in [0.15, 0.2) is 51.4 Å². The van der Waals surface area contributed by atoms with E-state index in [1.54, 1.807) is 6.07 Å². The summed E-state index contributed by atoms with van der Waals surface area (Å²) in [4.78, 5) is 0.